The van der Waals surface area contributed by atoms with E-state index < -0.39 is 0 Å². The van der Waals surface area contributed by atoms with E-state index in [2.05, 4.69) is 5.32 Å². The number of nitrogens with one attached hydrogen (secondary N) is 1. The molecule has 0 aromatic heterocycles. The van der Waals surface area contributed by atoms with Crippen LogP contribution in [0.2, 0.25) is 0 Å². The Morgan fingerprint density at radius 1 is 1.62 bits per heavy atom. The molecular formula is C12H16N2O2. The molecule has 0 saturated heterocycles. The van der Waals surface area contributed by atoms with Crippen LogP contribution < -0.4 is 10.1 Å². The van der Waals surface area contributed by atoms with Crippen molar-refractivity contribution in [2.45, 2.75) is 13.3 Å². The Morgan fingerprint density at radius 3 is 3.12 bits per heavy atom. The lowest BCUT2D eigenvalue weighted by Crippen LogP contribution is -2.27. The number of carbonyl (C=O) groups is 1. The van der Waals surface area contributed by atoms with Gasteiger partial charge in [-0.25, -0.2) is 0 Å². The van der Waals surface area contributed by atoms with E-state index in [1.807, 2.05) is 6.07 Å². The average Bonchev–Trinajstić information content (AvgIpc) is 2.34. The highest BCUT2D eigenvalue weighted by atomic mass is 16.5. The molecule has 0 unspecified atom stereocenters. The van der Waals surface area contributed by atoms with Gasteiger partial charge in [-0.15, -0.1) is 0 Å². The standard InChI is InChI=1S/C12H14N2O2.H2/c1-2-12(15)14-6-7-16-11-5-3-4-10(8-11)9-13;/h3-5,8H,2,6-7H2,1H3,(H,14,15);1H. The lowest BCUT2D eigenvalue weighted by Gasteiger charge is -2.06. The Balaban J connectivity index is 0.00000256. The van der Waals surface area contributed by atoms with Gasteiger partial charge < -0.3 is 10.1 Å². The van der Waals surface area contributed by atoms with Crippen LogP contribution in [0.25, 0.3) is 0 Å². The molecule has 4 nitrogen and oxygen atoms in total. The fourth-order valence-electron chi connectivity index (χ4n) is 1.14. The van der Waals surface area contributed by atoms with Crippen LogP contribution in [0.4, 0.5) is 0 Å². The van der Waals surface area contributed by atoms with E-state index in [4.69, 9.17) is 10.00 Å². The molecule has 0 aliphatic rings. The van der Waals surface area contributed by atoms with Crippen LogP contribution in [-0.2, 0) is 4.79 Å². The summed E-state index contributed by atoms with van der Waals surface area (Å²) in [4.78, 5) is 10.9. The maximum atomic E-state index is 10.9. The highest BCUT2D eigenvalue weighted by Crippen LogP contribution is 2.11. The summed E-state index contributed by atoms with van der Waals surface area (Å²) in [7, 11) is 0. The molecule has 1 aromatic rings. The molecule has 0 atom stereocenters. The molecule has 0 heterocycles. The first-order valence-corrected chi connectivity index (χ1v) is 5.16. The third-order valence-corrected chi connectivity index (χ3v) is 1.98. The average molecular weight is 220 g/mol. The Hall–Kier alpha value is -2.02. The number of benzene rings is 1. The molecule has 0 aliphatic heterocycles. The largest absolute Gasteiger partial charge is 0.492 e. The molecule has 1 aromatic carbocycles. The number of ether oxygens (including phenoxy) is 1. The minimum absolute atomic E-state index is 0. The Kier molecular flexibility index (Phi) is 4.87. The molecule has 0 radical (unpaired) electrons. The number of nitriles is 1. The highest BCUT2D eigenvalue weighted by Gasteiger charge is 1.97. The zero-order chi connectivity index (χ0) is 11.8. The van der Waals surface area contributed by atoms with E-state index in [1.165, 1.54) is 0 Å². The van der Waals surface area contributed by atoms with Gasteiger partial charge in [-0.05, 0) is 18.2 Å². The fraction of sp³-hybridized carbons (Fsp3) is 0.333. The number of nitrogens with zero attached hydrogens (tertiary/aromatic N) is 1. The normalized spacial score (nSPS) is 9.25. The van der Waals surface area contributed by atoms with Crippen molar-refractivity contribution in [1.82, 2.24) is 5.32 Å². The molecule has 0 fully saturated rings. The summed E-state index contributed by atoms with van der Waals surface area (Å²) in [5.41, 5.74) is 0.565. The van der Waals surface area contributed by atoms with Crippen molar-refractivity contribution in [3.05, 3.63) is 29.8 Å². The predicted molar refractivity (Wildman–Crippen MR) is 62.1 cm³/mol. The summed E-state index contributed by atoms with van der Waals surface area (Å²) in [5.74, 6) is 0.652. The van der Waals surface area contributed by atoms with Gasteiger partial charge in [0.05, 0.1) is 18.2 Å². The number of carbonyl (C=O) groups excluding carboxylic acids is 1. The molecule has 86 valence electrons. The van der Waals surface area contributed by atoms with E-state index in [-0.39, 0.29) is 7.33 Å². The Morgan fingerprint density at radius 2 is 2.44 bits per heavy atom. The van der Waals surface area contributed by atoms with E-state index in [0.29, 0.717) is 30.9 Å². The minimum Gasteiger partial charge on any atom is -0.492 e. The quantitative estimate of drug-likeness (QED) is 0.768. The van der Waals surface area contributed by atoms with Crippen molar-refractivity contribution in [2.75, 3.05) is 13.2 Å². The number of hydrogen-bond donors (Lipinski definition) is 1. The zero-order valence-corrected chi connectivity index (χ0v) is 9.19. The molecule has 1 amide bonds. The van der Waals surface area contributed by atoms with Gasteiger partial charge >= 0.3 is 0 Å². The van der Waals surface area contributed by atoms with E-state index in [1.54, 1.807) is 31.2 Å². The Labute approximate surface area is 96.3 Å². The van der Waals surface area contributed by atoms with E-state index in [9.17, 15) is 4.79 Å². The first kappa shape index (κ1) is 12.1. The first-order chi connectivity index (χ1) is 7.76. The van der Waals surface area contributed by atoms with E-state index >= 15 is 0 Å². The van der Waals surface area contributed by atoms with Crippen LogP contribution >= 0.6 is 0 Å². The number of rotatable bonds is 5. The molecule has 1 rings (SSSR count). The van der Waals surface area contributed by atoms with Gasteiger partial charge in [0.1, 0.15) is 12.4 Å². The van der Waals surface area contributed by atoms with Crippen molar-refractivity contribution in [2.24, 2.45) is 0 Å². The second-order valence-electron chi connectivity index (χ2n) is 3.19. The van der Waals surface area contributed by atoms with Crippen molar-refractivity contribution in [1.29, 1.82) is 5.26 Å². The smallest absolute Gasteiger partial charge is 0.219 e. The zero-order valence-electron chi connectivity index (χ0n) is 9.19. The van der Waals surface area contributed by atoms with Crippen molar-refractivity contribution in [3.8, 4) is 11.8 Å². The summed E-state index contributed by atoms with van der Waals surface area (Å²) in [6.07, 6.45) is 0.476. The highest BCUT2D eigenvalue weighted by molar-refractivity contribution is 5.75. The lowest BCUT2D eigenvalue weighted by atomic mass is 10.2. The summed E-state index contributed by atoms with van der Waals surface area (Å²) >= 11 is 0. The van der Waals surface area contributed by atoms with Crippen LogP contribution in [-0.4, -0.2) is 19.1 Å². The van der Waals surface area contributed by atoms with Crippen LogP contribution in [0.15, 0.2) is 24.3 Å². The van der Waals surface area contributed by atoms with Gasteiger partial charge in [-0.2, -0.15) is 5.26 Å². The SMILES string of the molecule is CCC(=O)NCCOc1cccc(C#N)c1.[HH]. The Bertz CT molecular complexity index is 402. The summed E-state index contributed by atoms with van der Waals surface area (Å²) in [6.45, 7) is 2.68. The third kappa shape index (κ3) is 4.01. The molecule has 16 heavy (non-hydrogen) atoms. The molecule has 0 bridgehead atoms. The van der Waals surface area contributed by atoms with Gasteiger partial charge in [0.2, 0.25) is 5.91 Å². The fourth-order valence-corrected chi connectivity index (χ4v) is 1.14. The molecule has 1 N–H and O–H groups in total. The predicted octanol–water partition coefficient (Wildman–Crippen LogP) is 1.71. The van der Waals surface area contributed by atoms with E-state index in [0.717, 1.165) is 0 Å². The molecule has 4 heteroatoms. The molecular weight excluding hydrogens is 204 g/mol. The van der Waals surface area contributed by atoms with Crippen LogP contribution in [0, 0.1) is 11.3 Å². The van der Waals surface area contributed by atoms with Crippen LogP contribution in [0.3, 0.4) is 0 Å². The number of hydrogen-bond acceptors (Lipinski definition) is 3. The molecule has 0 saturated carbocycles. The van der Waals surface area contributed by atoms with Gasteiger partial charge in [-0.1, -0.05) is 13.0 Å². The molecule has 0 spiro atoms. The summed E-state index contributed by atoms with van der Waals surface area (Å²) in [6, 6.07) is 8.96. The van der Waals surface area contributed by atoms with Gasteiger partial charge in [-0.3, -0.25) is 4.79 Å². The second-order valence-corrected chi connectivity index (χ2v) is 3.19. The summed E-state index contributed by atoms with van der Waals surface area (Å²) in [5, 5.41) is 11.4. The van der Waals surface area contributed by atoms with Crippen LogP contribution in [0.5, 0.6) is 5.75 Å². The lowest BCUT2D eigenvalue weighted by molar-refractivity contribution is -0.120. The first-order valence-electron chi connectivity index (χ1n) is 5.16. The van der Waals surface area contributed by atoms with Gasteiger partial charge in [0.25, 0.3) is 0 Å². The monoisotopic (exact) mass is 220 g/mol. The third-order valence-electron chi connectivity index (χ3n) is 1.98. The maximum Gasteiger partial charge on any atom is 0.219 e. The second kappa shape index (κ2) is 6.46. The maximum absolute atomic E-state index is 10.9. The van der Waals surface area contributed by atoms with Gasteiger partial charge in [0.15, 0.2) is 0 Å². The summed E-state index contributed by atoms with van der Waals surface area (Å²) < 4.78 is 5.38. The van der Waals surface area contributed by atoms with Crippen LogP contribution in [0.1, 0.15) is 20.3 Å². The number of amides is 1. The minimum atomic E-state index is 0. The van der Waals surface area contributed by atoms with Crippen molar-refractivity contribution >= 4 is 5.91 Å². The van der Waals surface area contributed by atoms with Crippen molar-refractivity contribution < 1.29 is 11.0 Å². The molecule has 0 aliphatic carbocycles. The van der Waals surface area contributed by atoms with Gasteiger partial charge in [0, 0.05) is 7.85 Å². The van der Waals surface area contributed by atoms with Crippen molar-refractivity contribution in [3.63, 3.8) is 0 Å². The topological polar surface area (TPSA) is 62.1 Å².